The van der Waals surface area contributed by atoms with Gasteiger partial charge in [-0.3, -0.25) is 14.6 Å². The van der Waals surface area contributed by atoms with Crippen LogP contribution in [0.5, 0.6) is 0 Å². The standard InChI is InChI=1S/C21H22BrN3O2/c22-16-3-1-14(2-4-16)11-20(26)25-18-5-6-19(25)13-17(12-18)24-21(27)15-7-9-23-10-8-15/h1-4,7-10,17-19H,5-6,11-13H2,(H,24,27)/t17?,18-,19+. The Morgan fingerprint density at radius 1 is 1.04 bits per heavy atom. The molecule has 6 heteroatoms. The molecule has 27 heavy (non-hydrogen) atoms. The molecule has 5 nitrogen and oxygen atoms in total. The number of halogens is 1. The Balaban J connectivity index is 1.38. The van der Waals surface area contributed by atoms with Crippen molar-refractivity contribution in [3.8, 4) is 0 Å². The van der Waals surface area contributed by atoms with Crippen molar-refractivity contribution in [3.63, 3.8) is 0 Å². The number of aromatic nitrogens is 1. The molecule has 4 rings (SSSR count). The molecule has 0 radical (unpaired) electrons. The number of hydrogen-bond acceptors (Lipinski definition) is 3. The fourth-order valence-corrected chi connectivity index (χ4v) is 4.61. The van der Waals surface area contributed by atoms with Crippen molar-refractivity contribution in [2.75, 3.05) is 0 Å². The summed E-state index contributed by atoms with van der Waals surface area (Å²) < 4.78 is 1.02. The molecule has 1 unspecified atom stereocenters. The SMILES string of the molecule is O=C(NC1C[C@H]2CC[C@@H](C1)N2C(=O)Cc1ccc(Br)cc1)c1ccncc1. The molecule has 1 aromatic heterocycles. The molecule has 1 aromatic carbocycles. The Hall–Kier alpha value is -2.21. The van der Waals surface area contributed by atoms with Crippen LogP contribution in [-0.4, -0.2) is 39.8 Å². The molecular formula is C21H22BrN3O2. The van der Waals surface area contributed by atoms with Crippen LogP contribution in [0.25, 0.3) is 0 Å². The van der Waals surface area contributed by atoms with E-state index < -0.39 is 0 Å². The van der Waals surface area contributed by atoms with Crippen molar-refractivity contribution in [3.05, 3.63) is 64.4 Å². The van der Waals surface area contributed by atoms with Crippen LogP contribution in [0.1, 0.15) is 41.6 Å². The number of hydrogen-bond donors (Lipinski definition) is 1. The van der Waals surface area contributed by atoms with Gasteiger partial charge in [-0.1, -0.05) is 28.1 Å². The number of carbonyl (C=O) groups is 2. The van der Waals surface area contributed by atoms with Crippen molar-refractivity contribution < 1.29 is 9.59 Å². The van der Waals surface area contributed by atoms with Crippen LogP contribution >= 0.6 is 15.9 Å². The zero-order valence-electron chi connectivity index (χ0n) is 15.0. The Morgan fingerprint density at radius 2 is 1.67 bits per heavy atom. The van der Waals surface area contributed by atoms with E-state index in [0.29, 0.717) is 12.0 Å². The third-order valence-electron chi connectivity index (χ3n) is 5.57. The third-order valence-corrected chi connectivity index (χ3v) is 6.10. The second-order valence-corrected chi connectivity index (χ2v) is 8.28. The van der Waals surface area contributed by atoms with Gasteiger partial charge in [-0.2, -0.15) is 0 Å². The number of rotatable bonds is 4. The average Bonchev–Trinajstić information content (AvgIpc) is 2.95. The Morgan fingerprint density at radius 3 is 2.30 bits per heavy atom. The zero-order valence-corrected chi connectivity index (χ0v) is 16.6. The normalized spacial score (nSPS) is 23.9. The largest absolute Gasteiger partial charge is 0.349 e. The third kappa shape index (κ3) is 4.05. The van der Waals surface area contributed by atoms with Crippen LogP contribution in [-0.2, 0) is 11.2 Å². The number of fused-ring (bicyclic) bond motifs is 2. The number of benzene rings is 1. The summed E-state index contributed by atoms with van der Waals surface area (Å²) in [5, 5.41) is 3.14. The molecule has 2 fully saturated rings. The zero-order chi connectivity index (χ0) is 18.8. The van der Waals surface area contributed by atoms with Gasteiger partial charge in [-0.05, 0) is 55.5 Å². The lowest BCUT2D eigenvalue weighted by Gasteiger charge is -2.39. The van der Waals surface area contributed by atoms with Crippen molar-refractivity contribution >= 4 is 27.7 Å². The molecule has 2 saturated heterocycles. The van der Waals surface area contributed by atoms with Gasteiger partial charge in [-0.15, -0.1) is 0 Å². The highest BCUT2D eigenvalue weighted by Crippen LogP contribution is 2.36. The topological polar surface area (TPSA) is 62.3 Å². The minimum atomic E-state index is -0.0589. The first-order valence-corrected chi connectivity index (χ1v) is 10.2. The summed E-state index contributed by atoms with van der Waals surface area (Å²) in [6.45, 7) is 0. The van der Waals surface area contributed by atoms with Gasteiger partial charge in [0.25, 0.3) is 5.91 Å². The highest BCUT2D eigenvalue weighted by Gasteiger charge is 2.43. The molecule has 0 spiro atoms. The molecule has 0 aliphatic carbocycles. The monoisotopic (exact) mass is 427 g/mol. The molecule has 2 aromatic rings. The summed E-state index contributed by atoms with van der Waals surface area (Å²) in [6, 6.07) is 12.0. The number of nitrogens with one attached hydrogen (secondary N) is 1. The summed E-state index contributed by atoms with van der Waals surface area (Å²) in [7, 11) is 0. The maximum absolute atomic E-state index is 12.9. The van der Waals surface area contributed by atoms with E-state index in [0.717, 1.165) is 35.7 Å². The molecule has 140 valence electrons. The van der Waals surface area contributed by atoms with Gasteiger partial charge in [0.1, 0.15) is 0 Å². The van der Waals surface area contributed by atoms with Crippen LogP contribution in [0.15, 0.2) is 53.3 Å². The Labute approximate surface area is 167 Å². The van der Waals surface area contributed by atoms with E-state index in [2.05, 4.69) is 31.1 Å². The van der Waals surface area contributed by atoms with Crippen molar-refractivity contribution in [1.29, 1.82) is 0 Å². The minimum absolute atomic E-state index is 0.0589. The predicted octanol–water partition coefficient (Wildman–Crippen LogP) is 3.34. The number of carbonyl (C=O) groups excluding carboxylic acids is 2. The molecule has 1 N–H and O–H groups in total. The van der Waals surface area contributed by atoms with Gasteiger partial charge >= 0.3 is 0 Å². The molecule has 2 aliphatic rings. The van der Waals surface area contributed by atoms with E-state index in [-0.39, 0.29) is 29.9 Å². The molecule has 3 heterocycles. The van der Waals surface area contributed by atoms with Crippen LogP contribution in [0.3, 0.4) is 0 Å². The van der Waals surface area contributed by atoms with Crippen molar-refractivity contribution in [2.24, 2.45) is 0 Å². The van der Waals surface area contributed by atoms with E-state index in [1.54, 1.807) is 24.5 Å². The minimum Gasteiger partial charge on any atom is -0.349 e. The van der Waals surface area contributed by atoms with Gasteiger partial charge < -0.3 is 10.2 Å². The van der Waals surface area contributed by atoms with E-state index in [4.69, 9.17) is 0 Å². The van der Waals surface area contributed by atoms with Crippen molar-refractivity contribution in [1.82, 2.24) is 15.2 Å². The summed E-state index contributed by atoms with van der Waals surface area (Å²) >= 11 is 3.43. The molecule has 3 atom stereocenters. The quantitative estimate of drug-likeness (QED) is 0.813. The van der Waals surface area contributed by atoms with Gasteiger partial charge in [-0.25, -0.2) is 0 Å². The summed E-state index contributed by atoms with van der Waals surface area (Å²) in [4.78, 5) is 31.3. The molecule has 0 saturated carbocycles. The maximum atomic E-state index is 12.9. The summed E-state index contributed by atoms with van der Waals surface area (Å²) in [5.74, 6) is 0.139. The van der Waals surface area contributed by atoms with Crippen LogP contribution in [0, 0.1) is 0 Å². The van der Waals surface area contributed by atoms with Crippen LogP contribution in [0.4, 0.5) is 0 Å². The van der Waals surface area contributed by atoms with Gasteiger partial charge in [0.05, 0.1) is 6.42 Å². The second kappa shape index (κ2) is 7.80. The van der Waals surface area contributed by atoms with E-state index in [1.807, 2.05) is 24.3 Å². The van der Waals surface area contributed by atoms with Gasteiger partial charge in [0.2, 0.25) is 5.91 Å². The van der Waals surface area contributed by atoms with E-state index in [1.165, 1.54) is 0 Å². The summed E-state index contributed by atoms with van der Waals surface area (Å²) in [6.07, 6.45) is 7.41. The maximum Gasteiger partial charge on any atom is 0.251 e. The van der Waals surface area contributed by atoms with Gasteiger partial charge in [0, 0.05) is 40.6 Å². The molecular weight excluding hydrogens is 406 g/mol. The second-order valence-electron chi connectivity index (χ2n) is 7.37. The average molecular weight is 428 g/mol. The van der Waals surface area contributed by atoms with Crippen LogP contribution in [0.2, 0.25) is 0 Å². The fourth-order valence-electron chi connectivity index (χ4n) is 4.34. The fraction of sp³-hybridized carbons (Fsp3) is 0.381. The van der Waals surface area contributed by atoms with E-state index >= 15 is 0 Å². The van der Waals surface area contributed by atoms with E-state index in [9.17, 15) is 9.59 Å². The van der Waals surface area contributed by atoms with Gasteiger partial charge in [0.15, 0.2) is 0 Å². The molecule has 2 aliphatic heterocycles. The van der Waals surface area contributed by atoms with Crippen LogP contribution < -0.4 is 5.32 Å². The summed E-state index contributed by atoms with van der Waals surface area (Å²) in [5.41, 5.74) is 1.67. The molecule has 2 bridgehead atoms. The highest BCUT2D eigenvalue weighted by molar-refractivity contribution is 9.10. The molecule has 2 amide bonds. The first-order chi connectivity index (χ1) is 13.1. The predicted molar refractivity (Wildman–Crippen MR) is 106 cm³/mol. The number of piperidine rings is 1. The Bertz CT molecular complexity index is 811. The number of amides is 2. The lowest BCUT2D eigenvalue weighted by Crippen LogP contribution is -2.52. The first-order valence-electron chi connectivity index (χ1n) is 9.36. The highest BCUT2D eigenvalue weighted by atomic mass is 79.9. The number of nitrogens with zero attached hydrogens (tertiary/aromatic N) is 2. The Kier molecular flexibility index (Phi) is 5.25. The lowest BCUT2D eigenvalue weighted by molar-refractivity contribution is -0.135. The smallest absolute Gasteiger partial charge is 0.251 e. The number of pyridine rings is 1. The lowest BCUT2D eigenvalue weighted by atomic mass is 9.96. The first kappa shape index (κ1) is 18.2. The van der Waals surface area contributed by atoms with Crippen molar-refractivity contribution in [2.45, 2.75) is 50.2 Å².